The zero-order valence-corrected chi connectivity index (χ0v) is 33.8. The van der Waals surface area contributed by atoms with Crippen LogP contribution < -0.4 is 5.56 Å². The summed E-state index contributed by atoms with van der Waals surface area (Å²) < 4.78 is 3.87. The summed E-state index contributed by atoms with van der Waals surface area (Å²) in [6.07, 6.45) is 6.18. The number of fused-ring (bicyclic) bond motifs is 3. The van der Waals surface area contributed by atoms with Gasteiger partial charge in [0.15, 0.2) is 5.82 Å². The molecule has 10 rings (SSSR count). The third-order valence-electron chi connectivity index (χ3n) is 12.4. The summed E-state index contributed by atoms with van der Waals surface area (Å²) in [6, 6.07) is 54.6. The first kappa shape index (κ1) is 37.7. The molecule has 2 aliphatic rings. The molecule has 3 atom stereocenters. The van der Waals surface area contributed by atoms with Crippen molar-refractivity contribution in [1.29, 1.82) is 0 Å². The van der Waals surface area contributed by atoms with Crippen molar-refractivity contribution >= 4 is 10.9 Å². The van der Waals surface area contributed by atoms with Crippen molar-refractivity contribution in [3.8, 4) is 22.5 Å². The lowest BCUT2D eigenvalue weighted by Crippen LogP contribution is -2.39. The molecule has 2 aromatic heterocycles. The van der Waals surface area contributed by atoms with E-state index in [0.29, 0.717) is 17.8 Å². The van der Waals surface area contributed by atoms with Gasteiger partial charge >= 0.3 is 0 Å². The Kier molecular flexibility index (Phi) is 10.2. The normalized spacial score (nSPS) is 17.6. The standard InChI is InChI=1S/C51H47N7O2/c1-2-3-25-48-52-46-31-30-38(47-34-42-22-15-32-57(47)60-42)33-45(46)50(59)56(48)35-36-26-28-37(29-27-36)43-23-13-14-24-44(43)49-53-54-55-58(49)51(39-16-7-4-8-17-39,40-18-9-5-10-19-40)41-20-11-6-12-21-41/h4-14,16-21,23-24,26-31,33,42,47H,2-3,15,22,25,32,34-35H2,1H3. The second kappa shape index (κ2) is 16.2. The van der Waals surface area contributed by atoms with Crippen LogP contribution in [-0.2, 0) is 23.3 Å². The molecule has 60 heavy (non-hydrogen) atoms. The fourth-order valence-corrected chi connectivity index (χ4v) is 9.40. The lowest BCUT2D eigenvalue weighted by atomic mass is 9.77. The van der Waals surface area contributed by atoms with Gasteiger partial charge in [0.2, 0.25) is 0 Å². The van der Waals surface area contributed by atoms with Crippen LogP contribution in [0.25, 0.3) is 33.4 Å². The van der Waals surface area contributed by atoms with Crippen LogP contribution in [0.4, 0.5) is 0 Å². The number of tetrazole rings is 1. The third kappa shape index (κ3) is 6.73. The lowest BCUT2D eigenvalue weighted by Gasteiger charge is -2.36. The molecule has 0 amide bonds. The quantitative estimate of drug-likeness (QED) is 0.114. The van der Waals surface area contributed by atoms with Crippen LogP contribution in [0, 0.1) is 0 Å². The molecule has 2 aliphatic heterocycles. The Labute approximate surface area is 349 Å². The molecule has 2 bridgehead atoms. The minimum Gasteiger partial charge on any atom is -0.295 e. The molecule has 0 radical (unpaired) electrons. The molecular formula is C51H47N7O2. The highest BCUT2D eigenvalue weighted by Crippen LogP contribution is 2.44. The Morgan fingerprint density at radius 3 is 2.05 bits per heavy atom. The molecule has 3 unspecified atom stereocenters. The molecule has 2 saturated heterocycles. The number of aromatic nitrogens is 6. The Morgan fingerprint density at radius 2 is 1.40 bits per heavy atom. The van der Waals surface area contributed by atoms with Gasteiger partial charge in [-0.2, -0.15) is 5.06 Å². The molecule has 0 aliphatic carbocycles. The minimum atomic E-state index is -0.877. The van der Waals surface area contributed by atoms with E-state index in [1.165, 1.54) is 0 Å². The van der Waals surface area contributed by atoms with E-state index < -0.39 is 5.54 Å². The fourth-order valence-electron chi connectivity index (χ4n) is 9.40. The molecule has 8 aromatic rings. The maximum atomic E-state index is 14.5. The maximum absolute atomic E-state index is 14.5. The van der Waals surface area contributed by atoms with E-state index in [0.717, 1.165) is 101 Å². The van der Waals surface area contributed by atoms with Crippen molar-refractivity contribution in [1.82, 2.24) is 34.8 Å². The van der Waals surface area contributed by atoms with Crippen LogP contribution >= 0.6 is 0 Å². The van der Waals surface area contributed by atoms with Crippen LogP contribution in [-0.4, -0.2) is 47.5 Å². The van der Waals surface area contributed by atoms with Crippen molar-refractivity contribution in [3.05, 3.63) is 202 Å². The van der Waals surface area contributed by atoms with Crippen molar-refractivity contribution in [2.24, 2.45) is 0 Å². The van der Waals surface area contributed by atoms with Gasteiger partial charge in [-0.05, 0) is 87.2 Å². The summed E-state index contributed by atoms with van der Waals surface area (Å²) in [5.41, 5.74) is 8.09. The zero-order chi connectivity index (χ0) is 40.5. The highest BCUT2D eigenvalue weighted by molar-refractivity contribution is 5.81. The van der Waals surface area contributed by atoms with Gasteiger partial charge in [0.25, 0.3) is 5.56 Å². The zero-order valence-electron chi connectivity index (χ0n) is 33.8. The van der Waals surface area contributed by atoms with Gasteiger partial charge in [0.1, 0.15) is 11.4 Å². The first-order valence-electron chi connectivity index (χ1n) is 21.2. The van der Waals surface area contributed by atoms with Crippen LogP contribution in [0.15, 0.2) is 163 Å². The molecule has 0 spiro atoms. The summed E-state index contributed by atoms with van der Waals surface area (Å²) in [6.45, 7) is 3.52. The van der Waals surface area contributed by atoms with Crippen molar-refractivity contribution in [2.75, 3.05) is 6.54 Å². The molecule has 9 nitrogen and oxygen atoms in total. The smallest absolute Gasteiger partial charge is 0.261 e. The van der Waals surface area contributed by atoms with E-state index in [4.69, 9.17) is 20.1 Å². The monoisotopic (exact) mass is 789 g/mol. The van der Waals surface area contributed by atoms with Crippen LogP contribution in [0.5, 0.6) is 0 Å². The van der Waals surface area contributed by atoms with Crippen molar-refractivity contribution in [2.45, 2.75) is 69.7 Å². The largest absolute Gasteiger partial charge is 0.295 e. The predicted molar refractivity (Wildman–Crippen MR) is 235 cm³/mol. The second-order valence-corrected chi connectivity index (χ2v) is 16.0. The molecule has 9 heteroatoms. The minimum absolute atomic E-state index is 0.00447. The highest BCUT2D eigenvalue weighted by Gasteiger charge is 2.42. The van der Waals surface area contributed by atoms with Crippen molar-refractivity contribution < 1.29 is 4.84 Å². The number of benzene rings is 6. The molecular weight excluding hydrogens is 743 g/mol. The Bertz CT molecular complexity index is 2710. The number of unbranched alkanes of at least 4 members (excludes halogenated alkanes) is 1. The molecule has 0 N–H and O–H groups in total. The number of nitrogens with zero attached hydrogens (tertiary/aromatic N) is 7. The van der Waals surface area contributed by atoms with Gasteiger partial charge in [-0.1, -0.05) is 159 Å². The Balaban J connectivity index is 1.03. The molecule has 298 valence electrons. The molecule has 4 heterocycles. The van der Waals surface area contributed by atoms with Gasteiger partial charge in [-0.3, -0.25) is 14.2 Å². The van der Waals surface area contributed by atoms with Gasteiger partial charge in [0.05, 0.1) is 29.6 Å². The Morgan fingerprint density at radius 1 is 0.750 bits per heavy atom. The summed E-state index contributed by atoms with van der Waals surface area (Å²) >= 11 is 0. The van der Waals surface area contributed by atoms with E-state index in [1.807, 2.05) is 39.6 Å². The average Bonchev–Trinajstić information content (AvgIpc) is 3.91. The summed E-state index contributed by atoms with van der Waals surface area (Å²) in [7, 11) is 0. The second-order valence-electron chi connectivity index (χ2n) is 16.0. The SMILES string of the molecule is CCCCc1nc2ccc(C3CC4CCCN3O4)cc2c(=O)n1Cc1ccc(-c2ccccc2-c2nnnn2C(c2ccccc2)(c2ccccc2)c2ccccc2)cc1. The fraction of sp³-hybridized carbons (Fsp3) is 0.235. The number of hydrogen-bond acceptors (Lipinski definition) is 7. The first-order chi connectivity index (χ1) is 29.6. The van der Waals surface area contributed by atoms with Gasteiger partial charge in [-0.15, -0.1) is 5.10 Å². The van der Waals surface area contributed by atoms with Crippen LogP contribution in [0.2, 0.25) is 0 Å². The Hall–Kier alpha value is -6.55. The van der Waals surface area contributed by atoms with Crippen LogP contribution in [0.3, 0.4) is 0 Å². The van der Waals surface area contributed by atoms with E-state index in [2.05, 4.69) is 145 Å². The topological polar surface area (TPSA) is 91.0 Å². The van der Waals surface area contributed by atoms with Crippen LogP contribution in [0.1, 0.15) is 78.7 Å². The molecule has 2 fully saturated rings. The summed E-state index contributed by atoms with van der Waals surface area (Å²) in [4.78, 5) is 25.7. The lowest BCUT2D eigenvalue weighted by molar-refractivity contribution is -0.185. The van der Waals surface area contributed by atoms with E-state index in [-0.39, 0.29) is 17.7 Å². The van der Waals surface area contributed by atoms with Gasteiger partial charge in [-0.25, -0.2) is 9.67 Å². The van der Waals surface area contributed by atoms with Gasteiger partial charge in [0, 0.05) is 18.5 Å². The first-order valence-corrected chi connectivity index (χ1v) is 21.2. The third-order valence-corrected chi connectivity index (χ3v) is 12.4. The van der Waals surface area contributed by atoms with E-state index >= 15 is 0 Å². The maximum Gasteiger partial charge on any atom is 0.261 e. The summed E-state index contributed by atoms with van der Waals surface area (Å²) in [5, 5.41) is 16.7. The number of hydroxylamine groups is 2. The van der Waals surface area contributed by atoms with Crippen molar-refractivity contribution in [3.63, 3.8) is 0 Å². The average molecular weight is 790 g/mol. The summed E-state index contributed by atoms with van der Waals surface area (Å²) in [5.74, 6) is 1.47. The van der Waals surface area contributed by atoms with E-state index in [9.17, 15) is 4.79 Å². The predicted octanol–water partition coefficient (Wildman–Crippen LogP) is 9.79. The number of aryl methyl sites for hydroxylation is 1. The number of hydrogen-bond donors (Lipinski definition) is 0. The van der Waals surface area contributed by atoms with Gasteiger partial charge < -0.3 is 0 Å². The number of rotatable bonds is 12. The highest BCUT2D eigenvalue weighted by atomic mass is 16.7. The molecule has 6 aromatic carbocycles. The molecule has 0 saturated carbocycles. The van der Waals surface area contributed by atoms with E-state index in [1.54, 1.807) is 0 Å².